The summed E-state index contributed by atoms with van der Waals surface area (Å²) in [5.74, 6) is 1.23. The molecule has 0 saturated carbocycles. The van der Waals surface area contributed by atoms with Gasteiger partial charge >= 0.3 is 0 Å². The first-order valence-corrected chi connectivity index (χ1v) is 6.87. The first kappa shape index (κ1) is 14.1. The van der Waals surface area contributed by atoms with Crippen LogP contribution in [0.15, 0.2) is 45.3 Å². The number of carbonyl (C=O) groups is 1. The summed E-state index contributed by atoms with van der Waals surface area (Å²) in [7, 11) is 0. The van der Waals surface area contributed by atoms with Crippen LogP contribution >= 0.6 is 0 Å². The fourth-order valence-corrected chi connectivity index (χ4v) is 2.05. The van der Waals surface area contributed by atoms with Crippen molar-refractivity contribution >= 4 is 11.8 Å². The lowest BCUT2D eigenvalue weighted by Gasteiger charge is -1.98. The summed E-state index contributed by atoms with van der Waals surface area (Å²) >= 11 is 0. The van der Waals surface area contributed by atoms with Gasteiger partial charge in [-0.15, -0.1) is 0 Å². The van der Waals surface area contributed by atoms with Gasteiger partial charge in [-0.25, -0.2) is 4.98 Å². The molecule has 1 amide bonds. The standard InChI is InChI=1S/C16H15N3O3/c1-10-8-15(22-19-10)18-14(20)9-13-11(2)21-16(17-13)12-6-4-3-5-7-12/h3-8H,9H2,1-2H3,(H,18,20). The summed E-state index contributed by atoms with van der Waals surface area (Å²) in [4.78, 5) is 16.4. The third kappa shape index (κ3) is 3.06. The number of oxazole rings is 1. The second-order valence-corrected chi connectivity index (χ2v) is 4.95. The molecule has 0 bridgehead atoms. The largest absolute Gasteiger partial charge is 0.441 e. The molecular formula is C16H15N3O3. The molecule has 6 nitrogen and oxygen atoms in total. The monoisotopic (exact) mass is 297 g/mol. The van der Waals surface area contributed by atoms with Crippen molar-refractivity contribution in [1.29, 1.82) is 0 Å². The molecule has 0 fully saturated rings. The minimum Gasteiger partial charge on any atom is -0.441 e. The van der Waals surface area contributed by atoms with Crippen molar-refractivity contribution in [3.05, 3.63) is 53.5 Å². The quantitative estimate of drug-likeness (QED) is 0.800. The molecule has 1 aromatic carbocycles. The third-order valence-corrected chi connectivity index (χ3v) is 3.13. The Morgan fingerprint density at radius 3 is 2.68 bits per heavy atom. The maximum absolute atomic E-state index is 12.0. The molecule has 1 N–H and O–H groups in total. The Morgan fingerprint density at radius 2 is 2.00 bits per heavy atom. The number of amides is 1. The Kier molecular flexibility index (Phi) is 3.74. The van der Waals surface area contributed by atoms with E-state index in [4.69, 9.17) is 8.94 Å². The summed E-state index contributed by atoms with van der Waals surface area (Å²) in [6.45, 7) is 3.58. The van der Waals surface area contributed by atoms with Gasteiger partial charge in [-0.3, -0.25) is 10.1 Å². The Bertz CT molecular complexity index is 790. The second-order valence-electron chi connectivity index (χ2n) is 4.95. The molecule has 6 heteroatoms. The highest BCUT2D eigenvalue weighted by Crippen LogP contribution is 2.21. The minimum atomic E-state index is -0.229. The summed E-state index contributed by atoms with van der Waals surface area (Å²) in [5.41, 5.74) is 2.19. The van der Waals surface area contributed by atoms with Crippen LogP contribution in [-0.2, 0) is 11.2 Å². The van der Waals surface area contributed by atoms with Gasteiger partial charge in [0.2, 0.25) is 17.7 Å². The average Bonchev–Trinajstić information content (AvgIpc) is 3.07. The molecule has 112 valence electrons. The number of rotatable bonds is 4. The van der Waals surface area contributed by atoms with Gasteiger partial charge in [-0.2, -0.15) is 0 Å². The van der Waals surface area contributed by atoms with Gasteiger partial charge in [0.15, 0.2) is 0 Å². The highest BCUT2D eigenvalue weighted by atomic mass is 16.5. The first-order valence-electron chi connectivity index (χ1n) is 6.87. The molecule has 3 rings (SSSR count). The van der Waals surface area contributed by atoms with E-state index in [9.17, 15) is 4.79 Å². The molecule has 22 heavy (non-hydrogen) atoms. The number of hydrogen-bond donors (Lipinski definition) is 1. The van der Waals surface area contributed by atoms with Crippen LogP contribution in [0, 0.1) is 13.8 Å². The Morgan fingerprint density at radius 1 is 1.23 bits per heavy atom. The zero-order valence-electron chi connectivity index (χ0n) is 12.3. The lowest BCUT2D eigenvalue weighted by atomic mass is 10.2. The molecule has 0 radical (unpaired) electrons. The van der Waals surface area contributed by atoms with Crippen molar-refractivity contribution in [2.75, 3.05) is 5.32 Å². The van der Waals surface area contributed by atoms with E-state index in [1.54, 1.807) is 19.9 Å². The number of aryl methyl sites for hydroxylation is 2. The summed E-state index contributed by atoms with van der Waals surface area (Å²) in [6, 6.07) is 11.2. The van der Waals surface area contributed by atoms with Crippen molar-refractivity contribution in [2.45, 2.75) is 20.3 Å². The molecule has 2 heterocycles. The Balaban J connectivity index is 1.73. The van der Waals surface area contributed by atoms with E-state index < -0.39 is 0 Å². The molecule has 2 aromatic heterocycles. The van der Waals surface area contributed by atoms with E-state index in [0.29, 0.717) is 28.9 Å². The topological polar surface area (TPSA) is 81.2 Å². The number of nitrogens with one attached hydrogen (secondary N) is 1. The van der Waals surface area contributed by atoms with Gasteiger partial charge < -0.3 is 8.94 Å². The number of nitrogens with zero attached hydrogens (tertiary/aromatic N) is 2. The second kappa shape index (κ2) is 5.85. The van der Waals surface area contributed by atoms with Crippen LogP contribution in [0.1, 0.15) is 17.1 Å². The predicted octanol–water partition coefficient (Wildman–Crippen LogP) is 3.13. The third-order valence-electron chi connectivity index (χ3n) is 3.13. The van der Waals surface area contributed by atoms with Crippen LogP contribution in [0.25, 0.3) is 11.5 Å². The molecule has 0 unspecified atom stereocenters. The van der Waals surface area contributed by atoms with Gasteiger partial charge in [0.1, 0.15) is 5.76 Å². The molecule has 3 aromatic rings. The maximum Gasteiger partial charge on any atom is 0.232 e. The lowest BCUT2D eigenvalue weighted by Crippen LogP contribution is -2.14. The SMILES string of the molecule is Cc1cc(NC(=O)Cc2nc(-c3ccccc3)oc2C)on1. The van der Waals surface area contributed by atoms with Gasteiger partial charge in [0, 0.05) is 11.6 Å². The van der Waals surface area contributed by atoms with Gasteiger partial charge in [-0.1, -0.05) is 23.4 Å². The van der Waals surface area contributed by atoms with E-state index in [2.05, 4.69) is 15.5 Å². The Hall–Kier alpha value is -2.89. The van der Waals surface area contributed by atoms with Crippen LogP contribution in [0.3, 0.4) is 0 Å². The van der Waals surface area contributed by atoms with Crippen LogP contribution in [-0.4, -0.2) is 16.0 Å². The van der Waals surface area contributed by atoms with Crippen LogP contribution in [0.4, 0.5) is 5.88 Å². The minimum absolute atomic E-state index is 0.113. The average molecular weight is 297 g/mol. The van der Waals surface area contributed by atoms with E-state index in [1.165, 1.54) is 0 Å². The van der Waals surface area contributed by atoms with Crippen LogP contribution in [0.2, 0.25) is 0 Å². The van der Waals surface area contributed by atoms with E-state index in [0.717, 1.165) is 5.56 Å². The van der Waals surface area contributed by atoms with Crippen LogP contribution < -0.4 is 5.32 Å². The lowest BCUT2D eigenvalue weighted by molar-refractivity contribution is -0.115. The fraction of sp³-hybridized carbons (Fsp3) is 0.188. The van der Waals surface area contributed by atoms with Crippen molar-refractivity contribution < 1.29 is 13.7 Å². The first-order chi connectivity index (χ1) is 10.6. The smallest absolute Gasteiger partial charge is 0.232 e. The zero-order valence-corrected chi connectivity index (χ0v) is 12.3. The Labute approximate surface area is 127 Å². The number of benzene rings is 1. The van der Waals surface area contributed by atoms with Gasteiger partial charge in [0.25, 0.3) is 0 Å². The van der Waals surface area contributed by atoms with Gasteiger partial charge in [-0.05, 0) is 26.0 Å². The van der Waals surface area contributed by atoms with E-state index in [1.807, 2.05) is 30.3 Å². The zero-order chi connectivity index (χ0) is 15.5. The van der Waals surface area contributed by atoms with E-state index in [-0.39, 0.29) is 12.3 Å². The van der Waals surface area contributed by atoms with E-state index >= 15 is 0 Å². The predicted molar refractivity (Wildman–Crippen MR) is 80.2 cm³/mol. The van der Waals surface area contributed by atoms with Crippen molar-refractivity contribution in [3.63, 3.8) is 0 Å². The van der Waals surface area contributed by atoms with Crippen molar-refractivity contribution in [3.8, 4) is 11.5 Å². The number of anilines is 1. The number of hydrogen-bond acceptors (Lipinski definition) is 5. The summed E-state index contributed by atoms with van der Waals surface area (Å²) in [6.07, 6.45) is 0.113. The molecule has 0 aliphatic rings. The molecule has 0 saturated heterocycles. The van der Waals surface area contributed by atoms with Gasteiger partial charge in [0.05, 0.1) is 17.8 Å². The molecule has 0 aliphatic carbocycles. The maximum atomic E-state index is 12.0. The van der Waals surface area contributed by atoms with Crippen LogP contribution in [0.5, 0.6) is 0 Å². The summed E-state index contributed by atoms with van der Waals surface area (Å²) in [5, 5.41) is 6.35. The molecule has 0 spiro atoms. The molecular weight excluding hydrogens is 282 g/mol. The van der Waals surface area contributed by atoms with Crippen molar-refractivity contribution in [2.24, 2.45) is 0 Å². The molecule has 0 atom stereocenters. The fourth-order valence-electron chi connectivity index (χ4n) is 2.05. The highest BCUT2D eigenvalue weighted by molar-refractivity contribution is 5.90. The summed E-state index contributed by atoms with van der Waals surface area (Å²) < 4.78 is 10.6. The number of carbonyl (C=O) groups excluding carboxylic acids is 1. The highest BCUT2D eigenvalue weighted by Gasteiger charge is 2.15. The van der Waals surface area contributed by atoms with Crippen molar-refractivity contribution in [1.82, 2.24) is 10.1 Å². The number of aromatic nitrogens is 2. The molecule has 0 aliphatic heterocycles. The normalized spacial score (nSPS) is 10.6.